The van der Waals surface area contributed by atoms with E-state index in [1.165, 1.54) is 4.31 Å². The number of H-pyrrole nitrogens is 1. The number of carbonyl (C=O) groups excluding carboxylic acids is 1. The number of hydrogen-bond acceptors (Lipinski definition) is 4. The van der Waals surface area contributed by atoms with Crippen LogP contribution >= 0.6 is 0 Å². The van der Waals surface area contributed by atoms with Crippen molar-refractivity contribution in [3.8, 4) is 0 Å². The predicted molar refractivity (Wildman–Crippen MR) is 70.2 cm³/mol. The van der Waals surface area contributed by atoms with E-state index in [9.17, 15) is 13.2 Å². The molecule has 1 aromatic rings. The summed E-state index contributed by atoms with van der Waals surface area (Å²) in [5, 5.41) is 6.63. The van der Waals surface area contributed by atoms with Crippen molar-refractivity contribution >= 4 is 15.8 Å². The first-order valence-corrected chi connectivity index (χ1v) is 7.86. The number of rotatable bonds is 3. The van der Waals surface area contributed by atoms with E-state index in [1.54, 1.807) is 13.8 Å². The molecule has 1 fully saturated rings. The molecule has 2 heterocycles. The van der Waals surface area contributed by atoms with Gasteiger partial charge in [0.2, 0.25) is 10.0 Å². The van der Waals surface area contributed by atoms with Crippen LogP contribution in [0.1, 0.15) is 31.2 Å². The molecule has 0 aliphatic carbocycles. The van der Waals surface area contributed by atoms with E-state index < -0.39 is 10.0 Å². The van der Waals surface area contributed by atoms with E-state index in [0.29, 0.717) is 24.2 Å². The molecule has 0 spiro atoms. The Morgan fingerprint density at radius 1 is 1.42 bits per heavy atom. The lowest BCUT2D eigenvalue weighted by atomic mass is 9.96. The van der Waals surface area contributed by atoms with Crippen LogP contribution in [0.25, 0.3) is 0 Å². The van der Waals surface area contributed by atoms with E-state index in [4.69, 9.17) is 0 Å². The molecular formula is C12H19N3O3S. The summed E-state index contributed by atoms with van der Waals surface area (Å²) in [7, 11) is -3.56. The Balaban J connectivity index is 2.33. The van der Waals surface area contributed by atoms with Crippen LogP contribution in [0.3, 0.4) is 0 Å². The standard InChI is InChI=1S/C12H19N3O3S/c1-4-10-7-15(6-5-11(10)16)19(17,18)12-8(2)13-14-9(12)3/h10H,4-7H2,1-3H3,(H,13,14). The highest BCUT2D eigenvalue weighted by Crippen LogP contribution is 2.26. The molecule has 2 rings (SSSR count). The smallest absolute Gasteiger partial charge is 0.246 e. The summed E-state index contributed by atoms with van der Waals surface area (Å²) in [6.45, 7) is 5.82. The lowest BCUT2D eigenvalue weighted by molar-refractivity contribution is -0.125. The first-order chi connectivity index (χ1) is 8.87. The van der Waals surface area contributed by atoms with Gasteiger partial charge in [0, 0.05) is 25.4 Å². The van der Waals surface area contributed by atoms with Crippen molar-refractivity contribution in [2.45, 2.75) is 38.5 Å². The largest absolute Gasteiger partial charge is 0.299 e. The zero-order valence-corrected chi connectivity index (χ0v) is 12.2. The van der Waals surface area contributed by atoms with Gasteiger partial charge in [-0.3, -0.25) is 9.89 Å². The number of hydrogen-bond donors (Lipinski definition) is 1. The highest BCUT2D eigenvalue weighted by Gasteiger charge is 2.35. The molecule has 1 aliphatic heterocycles. The van der Waals surface area contributed by atoms with Crippen molar-refractivity contribution in [3.05, 3.63) is 11.4 Å². The van der Waals surface area contributed by atoms with Gasteiger partial charge < -0.3 is 0 Å². The molecule has 19 heavy (non-hydrogen) atoms. The molecule has 1 aromatic heterocycles. The van der Waals surface area contributed by atoms with E-state index >= 15 is 0 Å². The average molecular weight is 285 g/mol. The Kier molecular flexibility index (Phi) is 3.78. The van der Waals surface area contributed by atoms with Crippen LogP contribution in [0, 0.1) is 19.8 Å². The number of piperidine rings is 1. The zero-order chi connectivity index (χ0) is 14.2. The van der Waals surface area contributed by atoms with E-state index in [-0.39, 0.29) is 29.7 Å². The first-order valence-electron chi connectivity index (χ1n) is 6.42. The molecule has 0 bridgehead atoms. The highest BCUT2D eigenvalue weighted by molar-refractivity contribution is 7.89. The third-order valence-corrected chi connectivity index (χ3v) is 5.77. The normalized spacial score (nSPS) is 21.8. The van der Waals surface area contributed by atoms with Crippen molar-refractivity contribution in [1.29, 1.82) is 0 Å². The summed E-state index contributed by atoms with van der Waals surface area (Å²) in [6.07, 6.45) is 0.974. The number of nitrogens with one attached hydrogen (secondary N) is 1. The molecule has 106 valence electrons. The van der Waals surface area contributed by atoms with Gasteiger partial charge in [-0.25, -0.2) is 8.42 Å². The first kappa shape index (κ1) is 14.2. The number of aromatic nitrogens is 2. The molecular weight excluding hydrogens is 266 g/mol. The van der Waals surface area contributed by atoms with Gasteiger partial charge >= 0.3 is 0 Å². The van der Waals surface area contributed by atoms with Crippen LogP contribution < -0.4 is 0 Å². The minimum absolute atomic E-state index is 0.162. The van der Waals surface area contributed by atoms with Crippen LogP contribution in [0.4, 0.5) is 0 Å². The lowest BCUT2D eigenvalue weighted by Gasteiger charge is -2.30. The minimum atomic E-state index is -3.56. The average Bonchev–Trinajstić information content (AvgIpc) is 2.69. The van der Waals surface area contributed by atoms with Gasteiger partial charge in [-0.1, -0.05) is 6.92 Å². The van der Waals surface area contributed by atoms with E-state index in [1.807, 2.05) is 6.92 Å². The number of Topliss-reactive ketones (excluding diaryl/α,β-unsaturated/α-hetero) is 1. The predicted octanol–water partition coefficient (Wildman–Crippen LogP) is 1.02. The third-order valence-electron chi connectivity index (χ3n) is 3.64. The maximum atomic E-state index is 12.6. The zero-order valence-electron chi connectivity index (χ0n) is 11.4. The van der Waals surface area contributed by atoms with Crippen LogP contribution in [0.2, 0.25) is 0 Å². The van der Waals surface area contributed by atoms with Gasteiger partial charge in [0.25, 0.3) is 0 Å². The molecule has 7 heteroatoms. The number of ketones is 1. The van der Waals surface area contributed by atoms with Crippen molar-refractivity contribution in [3.63, 3.8) is 0 Å². The van der Waals surface area contributed by atoms with Gasteiger partial charge in [-0.05, 0) is 20.3 Å². The molecule has 1 N–H and O–H groups in total. The van der Waals surface area contributed by atoms with Gasteiger partial charge in [0.15, 0.2) is 0 Å². The summed E-state index contributed by atoms with van der Waals surface area (Å²) >= 11 is 0. The van der Waals surface area contributed by atoms with Gasteiger partial charge in [-0.15, -0.1) is 0 Å². The van der Waals surface area contributed by atoms with Crippen LogP contribution in [0.15, 0.2) is 4.90 Å². The Labute approximate surface area is 113 Å². The second kappa shape index (κ2) is 5.05. The fourth-order valence-electron chi connectivity index (χ4n) is 2.50. The second-order valence-electron chi connectivity index (χ2n) is 4.95. The molecule has 0 saturated carbocycles. The van der Waals surface area contributed by atoms with Crippen molar-refractivity contribution in [1.82, 2.24) is 14.5 Å². The topological polar surface area (TPSA) is 83.1 Å². The lowest BCUT2D eigenvalue weighted by Crippen LogP contribution is -2.44. The fourth-order valence-corrected chi connectivity index (χ4v) is 4.32. The number of sulfonamides is 1. The Bertz CT molecular complexity index is 572. The molecule has 1 unspecified atom stereocenters. The summed E-state index contributed by atoms with van der Waals surface area (Å²) in [5.74, 6) is -0.0226. The monoisotopic (exact) mass is 285 g/mol. The summed E-state index contributed by atoms with van der Waals surface area (Å²) in [6, 6.07) is 0. The molecule has 6 nitrogen and oxygen atoms in total. The van der Waals surface area contributed by atoms with E-state index in [0.717, 1.165) is 0 Å². The molecule has 0 radical (unpaired) electrons. The minimum Gasteiger partial charge on any atom is -0.299 e. The van der Waals surface area contributed by atoms with Gasteiger partial charge in [0.05, 0.1) is 11.4 Å². The quantitative estimate of drug-likeness (QED) is 0.898. The maximum Gasteiger partial charge on any atom is 0.246 e. The molecule has 1 atom stereocenters. The molecule has 0 aromatic carbocycles. The summed E-state index contributed by atoms with van der Waals surface area (Å²) in [4.78, 5) is 11.9. The Morgan fingerprint density at radius 2 is 2.11 bits per heavy atom. The van der Waals surface area contributed by atoms with Crippen LogP contribution in [-0.4, -0.2) is 41.8 Å². The molecule has 0 amide bonds. The summed E-state index contributed by atoms with van der Waals surface area (Å²) in [5.41, 5.74) is 1.02. The maximum absolute atomic E-state index is 12.6. The third kappa shape index (κ3) is 2.44. The number of nitrogens with zero attached hydrogens (tertiary/aromatic N) is 2. The second-order valence-corrected chi connectivity index (χ2v) is 6.82. The Morgan fingerprint density at radius 3 is 2.63 bits per heavy atom. The molecule has 1 aliphatic rings. The SMILES string of the molecule is CCC1CN(S(=O)(=O)c2c(C)n[nH]c2C)CCC1=O. The number of carbonyl (C=O) groups is 1. The van der Waals surface area contributed by atoms with Gasteiger partial charge in [0.1, 0.15) is 10.7 Å². The number of aryl methyl sites for hydroxylation is 2. The van der Waals surface area contributed by atoms with Crippen molar-refractivity contribution < 1.29 is 13.2 Å². The number of aromatic amines is 1. The fraction of sp³-hybridized carbons (Fsp3) is 0.667. The van der Waals surface area contributed by atoms with Crippen molar-refractivity contribution in [2.24, 2.45) is 5.92 Å². The Hall–Kier alpha value is -1.21. The van der Waals surface area contributed by atoms with Gasteiger partial charge in [-0.2, -0.15) is 9.40 Å². The van der Waals surface area contributed by atoms with Crippen LogP contribution in [0.5, 0.6) is 0 Å². The molecule has 1 saturated heterocycles. The van der Waals surface area contributed by atoms with E-state index in [2.05, 4.69) is 10.2 Å². The van der Waals surface area contributed by atoms with Crippen molar-refractivity contribution in [2.75, 3.05) is 13.1 Å². The van der Waals surface area contributed by atoms with Crippen LogP contribution in [-0.2, 0) is 14.8 Å². The summed E-state index contributed by atoms with van der Waals surface area (Å²) < 4.78 is 26.6. The highest BCUT2D eigenvalue weighted by atomic mass is 32.2.